The average molecular weight is 368 g/mol. The molecule has 4 heterocycles. The molecular formula is C16H22ClN5O3. The fourth-order valence-electron chi connectivity index (χ4n) is 4.00. The summed E-state index contributed by atoms with van der Waals surface area (Å²) in [4.78, 5) is 17.0. The Bertz CT molecular complexity index is 663. The first-order chi connectivity index (χ1) is 12.0. The molecule has 0 spiro atoms. The van der Waals surface area contributed by atoms with Crippen LogP contribution in [-0.4, -0.2) is 77.3 Å². The second kappa shape index (κ2) is 6.49. The first-order valence-corrected chi connectivity index (χ1v) is 9.07. The van der Waals surface area contributed by atoms with E-state index in [9.17, 15) is 9.90 Å². The van der Waals surface area contributed by atoms with Crippen molar-refractivity contribution >= 4 is 29.2 Å². The molecule has 2 unspecified atom stereocenters. The number of carboxylic acid groups (broad SMARTS) is 1. The van der Waals surface area contributed by atoms with Crippen LogP contribution in [0.15, 0.2) is 6.07 Å². The van der Waals surface area contributed by atoms with E-state index in [1.54, 1.807) is 0 Å². The number of fused-ring (bicyclic) bond motifs is 2. The highest BCUT2D eigenvalue weighted by Crippen LogP contribution is 2.33. The van der Waals surface area contributed by atoms with Gasteiger partial charge in [-0.3, -0.25) is 0 Å². The molecule has 4 rings (SSSR count). The minimum absolute atomic E-state index is 0.0280. The number of anilines is 2. The van der Waals surface area contributed by atoms with Gasteiger partial charge in [-0.05, 0) is 19.8 Å². The lowest BCUT2D eigenvalue weighted by Crippen LogP contribution is -2.53. The van der Waals surface area contributed by atoms with Crippen molar-refractivity contribution in [1.29, 1.82) is 0 Å². The molecule has 0 saturated carbocycles. The third-order valence-corrected chi connectivity index (χ3v) is 5.56. The zero-order chi connectivity index (χ0) is 17.6. The number of piperazine rings is 1. The van der Waals surface area contributed by atoms with Gasteiger partial charge in [0.15, 0.2) is 11.0 Å². The van der Waals surface area contributed by atoms with Gasteiger partial charge < -0.3 is 24.5 Å². The Kier molecular flexibility index (Phi) is 4.33. The molecule has 1 N–H and O–H groups in total. The summed E-state index contributed by atoms with van der Waals surface area (Å²) in [6.07, 6.45) is 1.87. The maximum Gasteiger partial charge on any atom is 0.407 e. The zero-order valence-corrected chi connectivity index (χ0v) is 14.9. The molecule has 25 heavy (non-hydrogen) atoms. The molecule has 0 aromatic carbocycles. The Hall–Kier alpha value is -1.80. The maximum atomic E-state index is 11.2. The quantitative estimate of drug-likeness (QED) is 0.851. The van der Waals surface area contributed by atoms with E-state index in [0.29, 0.717) is 24.8 Å². The highest BCUT2D eigenvalue weighted by atomic mass is 35.5. The molecule has 3 atom stereocenters. The summed E-state index contributed by atoms with van der Waals surface area (Å²) in [6, 6.07) is 2.01. The number of morpholine rings is 1. The smallest absolute Gasteiger partial charge is 0.407 e. The van der Waals surface area contributed by atoms with Gasteiger partial charge in [0, 0.05) is 44.8 Å². The molecule has 1 amide bonds. The number of ether oxygens (including phenoxy) is 1. The van der Waals surface area contributed by atoms with E-state index in [1.165, 1.54) is 4.90 Å². The van der Waals surface area contributed by atoms with E-state index in [-0.39, 0.29) is 18.2 Å². The third kappa shape index (κ3) is 3.20. The Balaban J connectivity index is 1.55. The van der Waals surface area contributed by atoms with Crippen molar-refractivity contribution in [3.05, 3.63) is 11.2 Å². The molecule has 3 aliphatic heterocycles. The molecule has 3 fully saturated rings. The number of amides is 1. The van der Waals surface area contributed by atoms with Crippen molar-refractivity contribution in [2.45, 2.75) is 38.0 Å². The Labute approximate surface area is 151 Å². The number of hydrogen-bond acceptors (Lipinski definition) is 6. The molecular weight excluding hydrogens is 346 g/mol. The number of halogens is 1. The molecule has 9 heteroatoms. The van der Waals surface area contributed by atoms with Crippen LogP contribution in [0.1, 0.15) is 19.8 Å². The summed E-state index contributed by atoms with van der Waals surface area (Å²) < 4.78 is 5.88. The minimum Gasteiger partial charge on any atom is -0.465 e. The molecule has 1 aromatic rings. The Morgan fingerprint density at radius 3 is 2.60 bits per heavy atom. The molecule has 0 aliphatic carbocycles. The zero-order valence-electron chi connectivity index (χ0n) is 14.1. The van der Waals surface area contributed by atoms with Crippen molar-refractivity contribution in [3.8, 4) is 0 Å². The summed E-state index contributed by atoms with van der Waals surface area (Å²) in [5.74, 6) is 0.812. The second-order valence-corrected chi connectivity index (χ2v) is 7.37. The van der Waals surface area contributed by atoms with Gasteiger partial charge in [0.2, 0.25) is 0 Å². The fourth-order valence-corrected chi connectivity index (χ4v) is 4.21. The van der Waals surface area contributed by atoms with Crippen LogP contribution in [0.4, 0.5) is 16.3 Å². The van der Waals surface area contributed by atoms with Crippen LogP contribution in [0.5, 0.6) is 0 Å². The highest BCUT2D eigenvalue weighted by molar-refractivity contribution is 6.32. The molecule has 1 aromatic heterocycles. The SMILES string of the molecule is C[C@@H]1CN(C(=O)O)CCN1c1cc(N2CC3CCC(C2)O3)nnc1Cl. The topological polar surface area (TPSA) is 82.0 Å². The summed E-state index contributed by atoms with van der Waals surface area (Å²) in [5, 5.41) is 18.0. The van der Waals surface area contributed by atoms with E-state index in [4.69, 9.17) is 16.3 Å². The van der Waals surface area contributed by atoms with Crippen LogP contribution in [0, 0.1) is 0 Å². The van der Waals surface area contributed by atoms with E-state index in [2.05, 4.69) is 20.0 Å². The van der Waals surface area contributed by atoms with Crippen LogP contribution in [-0.2, 0) is 4.74 Å². The molecule has 136 valence electrons. The number of nitrogens with zero attached hydrogens (tertiary/aromatic N) is 5. The normalized spacial score (nSPS) is 29.2. The summed E-state index contributed by atoms with van der Waals surface area (Å²) in [6.45, 7) is 5.15. The van der Waals surface area contributed by atoms with Crippen molar-refractivity contribution in [2.24, 2.45) is 0 Å². The predicted octanol–water partition coefficient (Wildman–Crippen LogP) is 1.69. The second-order valence-electron chi connectivity index (χ2n) is 7.01. The summed E-state index contributed by atoms with van der Waals surface area (Å²) in [7, 11) is 0. The molecule has 3 saturated heterocycles. The van der Waals surface area contributed by atoms with Crippen molar-refractivity contribution in [3.63, 3.8) is 0 Å². The van der Waals surface area contributed by atoms with Crippen LogP contribution >= 0.6 is 11.6 Å². The standard InChI is InChI=1S/C16H22ClN5O3/c1-10-7-20(16(23)24)4-5-22(10)13-6-14(18-19-15(13)17)21-8-11-2-3-12(9-21)25-11/h6,10-12H,2-5,7-9H2,1H3,(H,23,24)/t10-,11?,12?/m1/s1. The third-order valence-electron chi connectivity index (χ3n) is 5.29. The number of rotatable bonds is 2. The molecule has 8 nitrogen and oxygen atoms in total. The lowest BCUT2D eigenvalue weighted by Gasteiger charge is -2.40. The van der Waals surface area contributed by atoms with Gasteiger partial charge in [-0.1, -0.05) is 11.6 Å². The Morgan fingerprint density at radius 2 is 1.96 bits per heavy atom. The molecule has 3 aliphatic rings. The van der Waals surface area contributed by atoms with E-state index < -0.39 is 6.09 Å². The predicted molar refractivity (Wildman–Crippen MR) is 93.6 cm³/mol. The van der Waals surface area contributed by atoms with Crippen molar-refractivity contribution in [1.82, 2.24) is 15.1 Å². The monoisotopic (exact) mass is 367 g/mol. The van der Waals surface area contributed by atoms with Gasteiger partial charge in [-0.2, -0.15) is 0 Å². The van der Waals surface area contributed by atoms with Crippen LogP contribution in [0.3, 0.4) is 0 Å². The first-order valence-electron chi connectivity index (χ1n) is 8.69. The van der Waals surface area contributed by atoms with Gasteiger partial charge >= 0.3 is 6.09 Å². The minimum atomic E-state index is -0.880. The fraction of sp³-hybridized carbons (Fsp3) is 0.688. The number of carbonyl (C=O) groups is 1. The van der Waals surface area contributed by atoms with Crippen molar-refractivity contribution in [2.75, 3.05) is 42.5 Å². The number of hydrogen-bond donors (Lipinski definition) is 1. The van der Waals surface area contributed by atoms with Gasteiger partial charge in [-0.25, -0.2) is 4.79 Å². The number of aromatic nitrogens is 2. The lowest BCUT2D eigenvalue weighted by molar-refractivity contribution is 0.0302. The van der Waals surface area contributed by atoms with Gasteiger partial charge in [-0.15, -0.1) is 10.2 Å². The molecule has 0 radical (unpaired) electrons. The van der Waals surface area contributed by atoms with Gasteiger partial charge in [0.25, 0.3) is 0 Å². The average Bonchev–Trinajstić information content (AvgIpc) is 2.93. The largest absolute Gasteiger partial charge is 0.465 e. The van der Waals surface area contributed by atoms with Crippen LogP contribution in [0.25, 0.3) is 0 Å². The highest BCUT2D eigenvalue weighted by Gasteiger charge is 2.35. The van der Waals surface area contributed by atoms with Gasteiger partial charge in [0.1, 0.15) is 0 Å². The van der Waals surface area contributed by atoms with Crippen LogP contribution < -0.4 is 9.80 Å². The van der Waals surface area contributed by atoms with Crippen LogP contribution in [0.2, 0.25) is 5.15 Å². The van der Waals surface area contributed by atoms with Crippen molar-refractivity contribution < 1.29 is 14.6 Å². The Morgan fingerprint density at radius 1 is 1.24 bits per heavy atom. The lowest BCUT2D eigenvalue weighted by atomic mass is 10.1. The van der Waals surface area contributed by atoms with Gasteiger partial charge in [0.05, 0.1) is 17.9 Å². The van der Waals surface area contributed by atoms with E-state index in [0.717, 1.165) is 37.4 Å². The van der Waals surface area contributed by atoms with E-state index in [1.807, 2.05) is 13.0 Å². The maximum absolute atomic E-state index is 11.2. The molecule has 2 bridgehead atoms. The summed E-state index contributed by atoms with van der Waals surface area (Å²) >= 11 is 6.31. The summed E-state index contributed by atoms with van der Waals surface area (Å²) in [5.41, 5.74) is 0.822. The van der Waals surface area contributed by atoms with E-state index >= 15 is 0 Å². The first kappa shape index (κ1) is 16.7.